The SMILES string of the molecule is CC(C)c1ccc(CN(C(=O)Cc2ccc(OC(F)F)cc2)C2CC2)cc1. The predicted molar refractivity (Wildman–Crippen MR) is 101 cm³/mol. The van der Waals surface area contributed by atoms with E-state index >= 15 is 0 Å². The second kappa shape index (κ2) is 8.51. The summed E-state index contributed by atoms with van der Waals surface area (Å²) in [6, 6.07) is 15.0. The molecule has 1 saturated carbocycles. The van der Waals surface area contributed by atoms with Crippen LogP contribution in [0.3, 0.4) is 0 Å². The highest BCUT2D eigenvalue weighted by Gasteiger charge is 2.32. The molecular weight excluding hydrogens is 348 g/mol. The van der Waals surface area contributed by atoms with Gasteiger partial charge in [0, 0.05) is 12.6 Å². The molecule has 1 fully saturated rings. The van der Waals surface area contributed by atoms with E-state index in [1.807, 2.05) is 4.90 Å². The van der Waals surface area contributed by atoms with Crippen LogP contribution in [0.4, 0.5) is 8.78 Å². The van der Waals surface area contributed by atoms with E-state index in [0.29, 0.717) is 18.5 Å². The number of amides is 1. The van der Waals surface area contributed by atoms with E-state index in [0.717, 1.165) is 24.0 Å². The van der Waals surface area contributed by atoms with Gasteiger partial charge in [-0.25, -0.2) is 0 Å². The Morgan fingerprint density at radius 2 is 1.63 bits per heavy atom. The Hall–Kier alpha value is -2.43. The van der Waals surface area contributed by atoms with Crippen molar-refractivity contribution < 1.29 is 18.3 Å². The summed E-state index contributed by atoms with van der Waals surface area (Å²) in [6.07, 6.45) is 2.34. The number of rotatable bonds is 8. The average molecular weight is 373 g/mol. The van der Waals surface area contributed by atoms with Crippen LogP contribution in [0.2, 0.25) is 0 Å². The minimum Gasteiger partial charge on any atom is -0.435 e. The van der Waals surface area contributed by atoms with Gasteiger partial charge in [0.2, 0.25) is 5.91 Å². The summed E-state index contributed by atoms with van der Waals surface area (Å²) in [5.41, 5.74) is 3.21. The average Bonchev–Trinajstić information content (AvgIpc) is 3.46. The van der Waals surface area contributed by atoms with Gasteiger partial charge >= 0.3 is 6.61 Å². The maximum absolute atomic E-state index is 12.8. The fourth-order valence-electron chi connectivity index (χ4n) is 3.08. The van der Waals surface area contributed by atoms with Crippen molar-refractivity contribution in [1.82, 2.24) is 4.90 Å². The Morgan fingerprint density at radius 3 is 2.15 bits per heavy atom. The van der Waals surface area contributed by atoms with Crippen LogP contribution >= 0.6 is 0 Å². The number of hydrogen-bond donors (Lipinski definition) is 0. The molecule has 0 heterocycles. The van der Waals surface area contributed by atoms with E-state index in [4.69, 9.17) is 0 Å². The molecule has 0 saturated heterocycles. The zero-order chi connectivity index (χ0) is 19.4. The van der Waals surface area contributed by atoms with E-state index in [2.05, 4.69) is 42.8 Å². The summed E-state index contributed by atoms with van der Waals surface area (Å²) in [5.74, 6) is 0.649. The molecule has 0 unspecified atom stereocenters. The van der Waals surface area contributed by atoms with Crippen molar-refractivity contribution in [1.29, 1.82) is 0 Å². The van der Waals surface area contributed by atoms with Gasteiger partial charge in [0.25, 0.3) is 0 Å². The Balaban J connectivity index is 1.63. The van der Waals surface area contributed by atoms with E-state index < -0.39 is 6.61 Å². The number of halogens is 2. The van der Waals surface area contributed by atoms with E-state index in [1.165, 1.54) is 17.7 Å². The molecule has 1 aliphatic carbocycles. The van der Waals surface area contributed by atoms with Crippen molar-refractivity contribution in [3.63, 3.8) is 0 Å². The third kappa shape index (κ3) is 5.52. The van der Waals surface area contributed by atoms with Crippen molar-refractivity contribution >= 4 is 5.91 Å². The first-order valence-corrected chi connectivity index (χ1v) is 9.34. The van der Waals surface area contributed by atoms with Crippen LogP contribution in [0, 0.1) is 0 Å². The molecule has 0 aromatic heterocycles. The summed E-state index contributed by atoms with van der Waals surface area (Å²) in [7, 11) is 0. The third-order valence-corrected chi connectivity index (χ3v) is 4.81. The molecule has 0 N–H and O–H groups in total. The van der Waals surface area contributed by atoms with Crippen molar-refractivity contribution in [3.8, 4) is 5.75 Å². The van der Waals surface area contributed by atoms with E-state index in [-0.39, 0.29) is 18.1 Å². The van der Waals surface area contributed by atoms with Crippen molar-refractivity contribution in [2.75, 3.05) is 0 Å². The molecule has 0 bridgehead atoms. The molecule has 0 aliphatic heterocycles. The molecule has 0 radical (unpaired) electrons. The van der Waals surface area contributed by atoms with Crippen LogP contribution in [-0.2, 0) is 17.8 Å². The summed E-state index contributed by atoms with van der Waals surface area (Å²) in [6.45, 7) is 2.08. The second-order valence-electron chi connectivity index (χ2n) is 7.35. The lowest BCUT2D eigenvalue weighted by Crippen LogP contribution is -2.33. The monoisotopic (exact) mass is 373 g/mol. The summed E-state index contributed by atoms with van der Waals surface area (Å²) in [5, 5.41) is 0. The highest BCUT2D eigenvalue weighted by atomic mass is 19.3. The molecule has 0 atom stereocenters. The molecule has 5 heteroatoms. The van der Waals surface area contributed by atoms with Gasteiger partial charge in [-0.2, -0.15) is 8.78 Å². The lowest BCUT2D eigenvalue weighted by atomic mass is 10.0. The molecule has 0 spiro atoms. The highest BCUT2D eigenvalue weighted by Crippen LogP contribution is 2.29. The van der Waals surface area contributed by atoms with Crippen molar-refractivity contribution in [2.24, 2.45) is 0 Å². The normalized spacial score (nSPS) is 13.9. The van der Waals surface area contributed by atoms with Crippen LogP contribution in [0.25, 0.3) is 0 Å². The molecule has 144 valence electrons. The number of carbonyl (C=O) groups is 1. The number of benzene rings is 2. The third-order valence-electron chi connectivity index (χ3n) is 4.81. The maximum Gasteiger partial charge on any atom is 0.387 e. The quantitative estimate of drug-likeness (QED) is 0.641. The fourth-order valence-corrected chi connectivity index (χ4v) is 3.08. The number of carbonyl (C=O) groups excluding carboxylic acids is 1. The maximum atomic E-state index is 12.8. The van der Waals surface area contributed by atoms with E-state index in [1.54, 1.807) is 12.1 Å². The van der Waals surface area contributed by atoms with Crippen LogP contribution in [0.1, 0.15) is 49.3 Å². The van der Waals surface area contributed by atoms with E-state index in [9.17, 15) is 13.6 Å². The number of hydrogen-bond acceptors (Lipinski definition) is 2. The smallest absolute Gasteiger partial charge is 0.387 e. The first-order chi connectivity index (χ1) is 12.9. The van der Waals surface area contributed by atoms with Crippen LogP contribution in [0.5, 0.6) is 5.75 Å². The van der Waals surface area contributed by atoms with Gasteiger partial charge in [0.15, 0.2) is 0 Å². The summed E-state index contributed by atoms with van der Waals surface area (Å²) in [4.78, 5) is 14.7. The van der Waals surface area contributed by atoms with Gasteiger partial charge in [-0.3, -0.25) is 4.79 Å². The summed E-state index contributed by atoms with van der Waals surface area (Å²) < 4.78 is 28.8. The summed E-state index contributed by atoms with van der Waals surface area (Å²) >= 11 is 0. The minimum absolute atomic E-state index is 0.0629. The van der Waals surface area contributed by atoms with Crippen LogP contribution < -0.4 is 4.74 Å². The zero-order valence-electron chi connectivity index (χ0n) is 15.7. The van der Waals surface area contributed by atoms with Gasteiger partial charge < -0.3 is 9.64 Å². The van der Waals surface area contributed by atoms with Gasteiger partial charge in [-0.1, -0.05) is 50.2 Å². The van der Waals surface area contributed by atoms with Crippen LogP contribution in [-0.4, -0.2) is 23.5 Å². The van der Waals surface area contributed by atoms with Gasteiger partial charge in [0.05, 0.1) is 6.42 Å². The number of alkyl halides is 2. The standard InChI is InChI=1S/C22H25F2NO2/c1-15(2)18-7-3-17(4-8-18)14-25(19-9-10-19)21(26)13-16-5-11-20(12-6-16)27-22(23)24/h3-8,11-12,15,19,22H,9-10,13-14H2,1-2H3. The molecule has 2 aromatic carbocycles. The topological polar surface area (TPSA) is 29.5 Å². The fraction of sp³-hybridized carbons (Fsp3) is 0.409. The molecule has 1 amide bonds. The second-order valence-corrected chi connectivity index (χ2v) is 7.35. The Kier molecular flexibility index (Phi) is 6.09. The van der Waals surface area contributed by atoms with Gasteiger partial charge in [-0.05, 0) is 47.6 Å². The lowest BCUT2D eigenvalue weighted by molar-refractivity contribution is -0.131. The Morgan fingerprint density at radius 1 is 1.04 bits per heavy atom. The van der Waals surface area contributed by atoms with Crippen molar-refractivity contribution in [3.05, 3.63) is 65.2 Å². The molecule has 3 rings (SSSR count). The largest absolute Gasteiger partial charge is 0.435 e. The molecule has 1 aliphatic rings. The molecule has 27 heavy (non-hydrogen) atoms. The minimum atomic E-state index is -2.84. The van der Waals surface area contributed by atoms with Gasteiger partial charge in [-0.15, -0.1) is 0 Å². The van der Waals surface area contributed by atoms with Crippen molar-refractivity contribution in [2.45, 2.75) is 58.2 Å². The molecule has 3 nitrogen and oxygen atoms in total. The molecule has 2 aromatic rings. The zero-order valence-corrected chi connectivity index (χ0v) is 15.7. The molecular formula is C22H25F2NO2. The van der Waals surface area contributed by atoms with Crippen LogP contribution in [0.15, 0.2) is 48.5 Å². The Labute approximate surface area is 158 Å². The first-order valence-electron chi connectivity index (χ1n) is 9.34. The van der Waals surface area contributed by atoms with Gasteiger partial charge in [0.1, 0.15) is 5.75 Å². The highest BCUT2D eigenvalue weighted by molar-refractivity contribution is 5.79. The first kappa shape index (κ1) is 19.3. The lowest BCUT2D eigenvalue weighted by Gasteiger charge is -2.23. The number of ether oxygens (including phenoxy) is 1. The number of nitrogens with zero attached hydrogens (tertiary/aromatic N) is 1. The predicted octanol–water partition coefficient (Wildman–Crippen LogP) is 5.15. The Bertz CT molecular complexity index is 753.